The maximum absolute atomic E-state index is 11.9. The van der Waals surface area contributed by atoms with E-state index in [9.17, 15) is 9.59 Å². The molecule has 2 fully saturated rings. The number of carbonyl (C=O) groups excluding carboxylic acids is 1. The van der Waals surface area contributed by atoms with E-state index < -0.39 is 12.0 Å². The predicted octanol–water partition coefficient (Wildman–Crippen LogP) is -0.506. The molecule has 19 heavy (non-hydrogen) atoms. The van der Waals surface area contributed by atoms with Crippen LogP contribution in [0.15, 0.2) is 0 Å². The van der Waals surface area contributed by atoms with Gasteiger partial charge in [-0.05, 0) is 12.8 Å². The third kappa shape index (κ3) is 3.89. The molecular formula is C12H19NO6. The molecule has 0 aliphatic carbocycles. The second-order valence-corrected chi connectivity index (χ2v) is 4.67. The zero-order chi connectivity index (χ0) is 13.7. The normalized spacial score (nSPS) is 27.5. The van der Waals surface area contributed by atoms with E-state index in [1.165, 1.54) is 4.90 Å². The molecule has 0 bridgehead atoms. The molecule has 0 saturated carbocycles. The number of nitrogens with zero attached hydrogens (tertiary/aromatic N) is 1. The third-order valence-electron chi connectivity index (χ3n) is 3.29. The van der Waals surface area contributed by atoms with Crippen LogP contribution in [0.1, 0.15) is 12.8 Å². The highest BCUT2D eigenvalue weighted by molar-refractivity contribution is 5.84. The highest BCUT2D eigenvalue weighted by Crippen LogP contribution is 2.12. The molecule has 2 saturated heterocycles. The Morgan fingerprint density at radius 1 is 1.37 bits per heavy atom. The number of aliphatic carboxylic acids is 1. The lowest BCUT2D eigenvalue weighted by molar-refractivity contribution is -0.160. The van der Waals surface area contributed by atoms with Gasteiger partial charge in [0, 0.05) is 13.2 Å². The summed E-state index contributed by atoms with van der Waals surface area (Å²) in [7, 11) is 0. The van der Waals surface area contributed by atoms with Crippen LogP contribution in [-0.4, -0.2) is 73.6 Å². The summed E-state index contributed by atoms with van der Waals surface area (Å²) in [6, 6.07) is -0.910. The first kappa shape index (κ1) is 14.2. The van der Waals surface area contributed by atoms with E-state index in [4.69, 9.17) is 19.3 Å². The maximum Gasteiger partial charge on any atom is 0.328 e. The molecule has 0 unspecified atom stereocenters. The molecule has 108 valence electrons. The Morgan fingerprint density at radius 2 is 2.21 bits per heavy atom. The van der Waals surface area contributed by atoms with Gasteiger partial charge in [0.25, 0.3) is 0 Å². The average Bonchev–Trinajstić information content (AvgIpc) is 2.91. The molecule has 1 amide bonds. The van der Waals surface area contributed by atoms with Crippen LogP contribution < -0.4 is 0 Å². The molecular weight excluding hydrogens is 254 g/mol. The van der Waals surface area contributed by atoms with Crippen molar-refractivity contribution >= 4 is 11.9 Å². The molecule has 0 aromatic carbocycles. The van der Waals surface area contributed by atoms with Crippen LogP contribution in [0, 0.1) is 0 Å². The van der Waals surface area contributed by atoms with Gasteiger partial charge in [-0.3, -0.25) is 4.79 Å². The minimum absolute atomic E-state index is 0.0345. The Morgan fingerprint density at radius 3 is 2.89 bits per heavy atom. The summed E-state index contributed by atoms with van der Waals surface area (Å²) >= 11 is 0. The van der Waals surface area contributed by atoms with Gasteiger partial charge in [0.15, 0.2) is 6.04 Å². The van der Waals surface area contributed by atoms with E-state index in [1.54, 1.807) is 0 Å². The standard InChI is InChI=1S/C12H19NO6/c14-11(8-18-6-9-2-1-4-19-9)13-3-5-17-7-10(13)12(15)16/h9-10H,1-8H2,(H,15,16)/t9-,10-/m0/s1. The summed E-state index contributed by atoms with van der Waals surface area (Å²) in [5.74, 6) is -1.36. The summed E-state index contributed by atoms with van der Waals surface area (Å²) < 4.78 is 15.8. The van der Waals surface area contributed by atoms with Crippen molar-refractivity contribution in [3.63, 3.8) is 0 Å². The lowest BCUT2D eigenvalue weighted by Gasteiger charge is -2.32. The van der Waals surface area contributed by atoms with Gasteiger partial charge in [-0.2, -0.15) is 0 Å². The first-order valence-corrected chi connectivity index (χ1v) is 6.48. The smallest absolute Gasteiger partial charge is 0.328 e. The monoisotopic (exact) mass is 273 g/mol. The Hall–Kier alpha value is -1.18. The zero-order valence-corrected chi connectivity index (χ0v) is 10.7. The molecule has 2 atom stereocenters. The van der Waals surface area contributed by atoms with E-state index in [0.717, 1.165) is 19.4 Å². The number of hydrogen-bond acceptors (Lipinski definition) is 5. The van der Waals surface area contributed by atoms with E-state index in [2.05, 4.69) is 0 Å². The molecule has 1 N–H and O–H groups in total. The first-order valence-electron chi connectivity index (χ1n) is 6.48. The SMILES string of the molecule is O=C(O)[C@@H]1COCCN1C(=O)COC[C@@H]1CCCO1. The molecule has 0 spiro atoms. The fraction of sp³-hybridized carbons (Fsp3) is 0.833. The summed E-state index contributed by atoms with van der Waals surface area (Å²) in [5, 5.41) is 9.02. The van der Waals surface area contributed by atoms with E-state index in [-0.39, 0.29) is 25.2 Å². The van der Waals surface area contributed by atoms with Gasteiger partial charge >= 0.3 is 5.97 Å². The van der Waals surface area contributed by atoms with Crippen LogP contribution >= 0.6 is 0 Å². The van der Waals surface area contributed by atoms with Gasteiger partial charge in [-0.1, -0.05) is 0 Å². The van der Waals surface area contributed by atoms with Crippen LogP contribution in [0.25, 0.3) is 0 Å². The highest BCUT2D eigenvalue weighted by atomic mass is 16.5. The number of amides is 1. The topological polar surface area (TPSA) is 85.3 Å². The fourth-order valence-corrected chi connectivity index (χ4v) is 2.24. The Balaban J connectivity index is 1.75. The number of morpholine rings is 1. The minimum atomic E-state index is -1.05. The second-order valence-electron chi connectivity index (χ2n) is 4.67. The van der Waals surface area contributed by atoms with Crippen molar-refractivity contribution in [3.05, 3.63) is 0 Å². The Kier molecular flexibility index (Phi) is 5.12. The van der Waals surface area contributed by atoms with E-state index in [0.29, 0.717) is 19.8 Å². The first-order chi connectivity index (χ1) is 9.18. The van der Waals surface area contributed by atoms with E-state index >= 15 is 0 Å². The lowest BCUT2D eigenvalue weighted by Crippen LogP contribution is -2.53. The molecule has 0 aromatic rings. The van der Waals surface area contributed by atoms with Crippen LogP contribution in [0.2, 0.25) is 0 Å². The molecule has 7 nitrogen and oxygen atoms in total. The van der Waals surface area contributed by atoms with Crippen molar-refractivity contribution in [2.75, 3.05) is 39.6 Å². The van der Waals surface area contributed by atoms with E-state index in [1.807, 2.05) is 0 Å². The Bertz CT molecular complexity index is 328. The van der Waals surface area contributed by atoms with Crippen LogP contribution in [0.5, 0.6) is 0 Å². The minimum Gasteiger partial charge on any atom is -0.480 e. The van der Waals surface area contributed by atoms with Crippen molar-refractivity contribution in [3.8, 4) is 0 Å². The number of carboxylic acids is 1. The van der Waals surface area contributed by atoms with Gasteiger partial charge < -0.3 is 24.2 Å². The van der Waals surface area contributed by atoms with Crippen LogP contribution in [-0.2, 0) is 23.8 Å². The number of rotatable bonds is 5. The molecule has 2 aliphatic rings. The van der Waals surface area contributed by atoms with Crippen LogP contribution in [0.3, 0.4) is 0 Å². The van der Waals surface area contributed by atoms with Crippen LogP contribution in [0.4, 0.5) is 0 Å². The summed E-state index contributed by atoms with van der Waals surface area (Å²) in [4.78, 5) is 24.3. The van der Waals surface area contributed by atoms with Gasteiger partial charge in [-0.15, -0.1) is 0 Å². The third-order valence-corrected chi connectivity index (χ3v) is 3.29. The van der Waals surface area contributed by atoms with Crippen molar-refractivity contribution in [1.29, 1.82) is 0 Å². The zero-order valence-electron chi connectivity index (χ0n) is 10.7. The summed E-state index contributed by atoms with van der Waals surface area (Å²) in [6.45, 7) is 1.71. The van der Waals surface area contributed by atoms with Gasteiger partial charge in [-0.25, -0.2) is 4.79 Å². The van der Waals surface area contributed by atoms with Crippen molar-refractivity contribution in [2.24, 2.45) is 0 Å². The average molecular weight is 273 g/mol. The summed E-state index contributed by atoms with van der Waals surface area (Å²) in [5.41, 5.74) is 0. The Labute approximate surface area is 111 Å². The quantitative estimate of drug-likeness (QED) is 0.726. The molecule has 0 aromatic heterocycles. The van der Waals surface area contributed by atoms with Gasteiger partial charge in [0.05, 0.1) is 25.9 Å². The van der Waals surface area contributed by atoms with Crippen molar-refractivity contribution in [1.82, 2.24) is 4.90 Å². The molecule has 2 rings (SSSR count). The van der Waals surface area contributed by atoms with Crippen molar-refractivity contribution in [2.45, 2.75) is 25.0 Å². The number of carbonyl (C=O) groups is 2. The highest BCUT2D eigenvalue weighted by Gasteiger charge is 2.32. The largest absolute Gasteiger partial charge is 0.480 e. The molecule has 0 radical (unpaired) electrons. The molecule has 2 aliphatic heterocycles. The molecule has 7 heteroatoms. The van der Waals surface area contributed by atoms with Gasteiger partial charge in [0.1, 0.15) is 6.61 Å². The number of hydrogen-bond donors (Lipinski definition) is 1. The number of carboxylic acid groups (broad SMARTS) is 1. The maximum atomic E-state index is 11.9. The molecule has 2 heterocycles. The second kappa shape index (κ2) is 6.83. The fourth-order valence-electron chi connectivity index (χ4n) is 2.24. The predicted molar refractivity (Wildman–Crippen MR) is 63.7 cm³/mol. The van der Waals surface area contributed by atoms with Gasteiger partial charge in [0.2, 0.25) is 5.91 Å². The lowest BCUT2D eigenvalue weighted by atomic mass is 10.2. The van der Waals surface area contributed by atoms with Crippen molar-refractivity contribution < 1.29 is 28.9 Å². The summed E-state index contributed by atoms with van der Waals surface area (Å²) in [6.07, 6.45) is 2.03. The number of ether oxygens (including phenoxy) is 3.